The molecule has 4 aromatic rings. The predicted molar refractivity (Wildman–Crippen MR) is 87.6 cm³/mol. The highest BCUT2D eigenvalue weighted by atomic mass is 16.3. The number of hydrogen-bond donors (Lipinski definition) is 0. The van der Waals surface area contributed by atoms with E-state index in [4.69, 9.17) is 4.42 Å². The predicted octanol–water partition coefficient (Wildman–Crippen LogP) is 3.65. The Hall–Kier alpha value is -3.19. The second-order valence-corrected chi connectivity index (χ2v) is 5.59. The Morgan fingerprint density at radius 3 is 2.78 bits per heavy atom. The van der Waals surface area contributed by atoms with Crippen LogP contribution in [0.3, 0.4) is 0 Å². The second kappa shape index (κ2) is 4.92. The SMILES string of the molecule is Cc1ccccc1-c1c2oc3nccc(C#N)c3c2cc[n+]1C. The molecular formula is C19H14N3O+. The van der Waals surface area contributed by atoms with Crippen LogP contribution in [0.2, 0.25) is 0 Å². The first kappa shape index (κ1) is 13.5. The Labute approximate surface area is 133 Å². The Morgan fingerprint density at radius 1 is 1.17 bits per heavy atom. The molecule has 4 rings (SSSR count). The van der Waals surface area contributed by atoms with Gasteiger partial charge in [0.25, 0.3) is 5.69 Å². The van der Waals surface area contributed by atoms with Crippen molar-refractivity contribution in [2.45, 2.75) is 6.92 Å². The molecule has 0 fully saturated rings. The number of fused-ring (bicyclic) bond motifs is 3. The van der Waals surface area contributed by atoms with Gasteiger partial charge in [0.15, 0.2) is 6.20 Å². The van der Waals surface area contributed by atoms with Crippen LogP contribution in [0.5, 0.6) is 0 Å². The smallest absolute Gasteiger partial charge is 0.256 e. The molecule has 0 spiro atoms. The largest absolute Gasteiger partial charge is 0.431 e. The molecule has 0 saturated carbocycles. The molecule has 0 aliphatic heterocycles. The van der Waals surface area contributed by atoms with Crippen molar-refractivity contribution < 1.29 is 8.98 Å². The minimum Gasteiger partial charge on any atom is -0.431 e. The van der Waals surface area contributed by atoms with Gasteiger partial charge in [-0.25, -0.2) is 4.98 Å². The van der Waals surface area contributed by atoms with Crippen LogP contribution in [0.25, 0.3) is 33.3 Å². The summed E-state index contributed by atoms with van der Waals surface area (Å²) in [6.07, 6.45) is 3.60. The van der Waals surface area contributed by atoms with E-state index in [9.17, 15) is 5.26 Å². The van der Waals surface area contributed by atoms with Gasteiger partial charge < -0.3 is 4.42 Å². The van der Waals surface area contributed by atoms with E-state index in [0.29, 0.717) is 11.3 Å². The monoisotopic (exact) mass is 300 g/mol. The number of aromatic nitrogens is 2. The van der Waals surface area contributed by atoms with Gasteiger partial charge in [0.05, 0.1) is 16.5 Å². The molecule has 0 saturated heterocycles. The second-order valence-electron chi connectivity index (χ2n) is 5.59. The van der Waals surface area contributed by atoms with Crippen LogP contribution < -0.4 is 4.57 Å². The molecule has 0 atom stereocenters. The van der Waals surface area contributed by atoms with E-state index >= 15 is 0 Å². The Bertz CT molecular complexity index is 1100. The summed E-state index contributed by atoms with van der Waals surface area (Å²) < 4.78 is 8.07. The lowest BCUT2D eigenvalue weighted by molar-refractivity contribution is -0.659. The maximum absolute atomic E-state index is 9.37. The highest BCUT2D eigenvalue weighted by Gasteiger charge is 2.23. The van der Waals surface area contributed by atoms with E-state index in [1.165, 1.54) is 5.56 Å². The summed E-state index contributed by atoms with van der Waals surface area (Å²) in [4.78, 5) is 4.29. The van der Waals surface area contributed by atoms with Gasteiger partial charge >= 0.3 is 0 Å². The first-order valence-electron chi connectivity index (χ1n) is 7.36. The highest BCUT2D eigenvalue weighted by Crippen LogP contribution is 2.35. The van der Waals surface area contributed by atoms with Crippen LogP contribution in [0.4, 0.5) is 0 Å². The number of hydrogen-bond acceptors (Lipinski definition) is 3. The summed E-state index contributed by atoms with van der Waals surface area (Å²) >= 11 is 0. The van der Waals surface area contributed by atoms with Gasteiger partial charge in [0, 0.05) is 17.6 Å². The number of pyridine rings is 2. The Morgan fingerprint density at radius 2 is 2.00 bits per heavy atom. The van der Waals surface area contributed by atoms with E-state index in [0.717, 1.165) is 27.6 Å². The third kappa shape index (κ3) is 1.91. The molecule has 4 heteroatoms. The number of nitrogens with zero attached hydrogens (tertiary/aromatic N) is 3. The molecule has 0 aliphatic rings. The lowest BCUT2D eigenvalue weighted by Crippen LogP contribution is -2.30. The highest BCUT2D eigenvalue weighted by molar-refractivity contribution is 6.09. The van der Waals surface area contributed by atoms with Gasteiger partial charge in [-0.3, -0.25) is 0 Å². The van der Waals surface area contributed by atoms with E-state index < -0.39 is 0 Å². The van der Waals surface area contributed by atoms with Crippen molar-refractivity contribution in [1.29, 1.82) is 5.26 Å². The molecule has 0 amide bonds. The summed E-state index contributed by atoms with van der Waals surface area (Å²) in [5, 5.41) is 11.1. The summed E-state index contributed by atoms with van der Waals surface area (Å²) in [5.41, 5.74) is 5.11. The minimum atomic E-state index is 0.500. The summed E-state index contributed by atoms with van der Waals surface area (Å²) in [6.45, 7) is 2.08. The van der Waals surface area contributed by atoms with Gasteiger partial charge in [-0.1, -0.05) is 18.2 Å². The van der Waals surface area contributed by atoms with Crippen molar-refractivity contribution in [3.8, 4) is 17.3 Å². The lowest BCUT2D eigenvalue weighted by Gasteiger charge is -2.04. The number of furan rings is 1. The maximum Gasteiger partial charge on any atom is 0.256 e. The molecule has 3 heterocycles. The van der Waals surface area contributed by atoms with Crippen LogP contribution in [0.1, 0.15) is 11.1 Å². The first-order valence-corrected chi connectivity index (χ1v) is 7.36. The van der Waals surface area contributed by atoms with Gasteiger partial charge in [0.2, 0.25) is 11.3 Å². The Balaban J connectivity index is 2.20. The third-order valence-corrected chi connectivity index (χ3v) is 4.18. The fraction of sp³-hybridized carbons (Fsp3) is 0.105. The Kier molecular flexibility index (Phi) is 2.88. The topological polar surface area (TPSA) is 53.7 Å². The first-order chi connectivity index (χ1) is 11.2. The van der Waals surface area contributed by atoms with E-state index in [1.54, 1.807) is 12.3 Å². The molecule has 0 radical (unpaired) electrons. The van der Waals surface area contributed by atoms with Gasteiger partial charge in [0.1, 0.15) is 13.1 Å². The van der Waals surface area contributed by atoms with E-state index in [-0.39, 0.29) is 0 Å². The molecule has 0 aliphatic carbocycles. The summed E-state index contributed by atoms with van der Waals surface area (Å²) in [6, 6.07) is 14.1. The number of rotatable bonds is 1. The fourth-order valence-electron chi connectivity index (χ4n) is 3.05. The number of benzene rings is 1. The fourth-order valence-corrected chi connectivity index (χ4v) is 3.05. The number of aryl methyl sites for hydroxylation is 2. The molecule has 0 N–H and O–H groups in total. The van der Waals surface area contributed by atoms with Gasteiger partial charge in [-0.05, 0) is 24.6 Å². The standard InChI is InChI=1S/C19H14N3O/c1-12-5-3-4-6-14(12)17-18-15(8-10-22(17)2)16-13(11-20)7-9-21-19(16)23-18/h3-10H,1-2H3/q+1. The van der Waals surface area contributed by atoms with Crippen LogP contribution in [0.15, 0.2) is 53.2 Å². The van der Waals surface area contributed by atoms with E-state index in [1.807, 2.05) is 36.0 Å². The summed E-state index contributed by atoms with van der Waals surface area (Å²) in [7, 11) is 1.99. The van der Waals surface area contributed by atoms with Gasteiger partial charge in [-0.15, -0.1) is 0 Å². The zero-order valence-corrected chi connectivity index (χ0v) is 12.9. The molecule has 23 heavy (non-hydrogen) atoms. The van der Waals surface area contributed by atoms with Gasteiger partial charge in [-0.2, -0.15) is 9.83 Å². The molecular weight excluding hydrogens is 286 g/mol. The zero-order valence-electron chi connectivity index (χ0n) is 12.9. The molecule has 110 valence electrons. The van der Waals surface area contributed by atoms with Crippen LogP contribution >= 0.6 is 0 Å². The van der Waals surface area contributed by atoms with Crippen molar-refractivity contribution in [3.63, 3.8) is 0 Å². The van der Waals surface area contributed by atoms with E-state index in [2.05, 4.69) is 30.1 Å². The average molecular weight is 300 g/mol. The molecule has 1 aromatic carbocycles. The van der Waals surface area contributed by atoms with Crippen molar-refractivity contribution >= 4 is 22.1 Å². The lowest BCUT2D eigenvalue weighted by atomic mass is 10.0. The molecule has 4 nitrogen and oxygen atoms in total. The maximum atomic E-state index is 9.37. The van der Waals surface area contributed by atoms with Crippen molar-refractivity contribution in [1.82, 2.24) is 4.98 Å². The quantitative estimate of drug-likeness (QED) is 0.504. The molecule has 0 bridgehead atoms. The van der Waals surface area contributed by atoms with Crippen molar-refractivity contribution in [2.24, 2.45) is 7.05 Å². The average Bonchev–Trinajstić information content (AvgIpc) is 2.94. The third-order valence-electron chi connectivity index (χ3n) is 4.18. The van der Waals surface area contributed by atoms with Crippen LogP contribution in [-0.2, 0) is 7.05 Å². The number of nitriles is 1. The minimum absolute atomic E-state index is 0.500. The van der Waals surface area contributed by atoms with Crippen LogP contribution in [0, 0.1) is 18.3 Å². The van der Waals surface area contributed by atoms with Crippen LogP contribution in [-0.4, -0.2) is 4.98 Å². The molecule has 0 unspecified atom stereocenters. The van der Waals surface area contributed by atoms with Crippen molar-refractivity contribution in [2.75, 3.05) is 0 Å². The van der Waals surface area contributed by atoms with Crippen molar-refractivity contribution in [3.05, 3.63) is 59.9 Å². The summed E-state index contributed by atoms with van der Waals surface area (Å²) in [5.74, 6) is 0. The normalized spacial score (nSPS) is 11.0. The molecule has 3 aromatic heterocycles. The zero-order chi connectivity index (χ0) is 16.0.